The summed E-state index contributed by atoms with van der Waals surface area (Å²) >= 11 is 0. The van der Waals surface area contributed by atoms with Gasteiger partial charge in [-0.3, -0.25) is 10.1 Å². The van der Waals surface area contributed by atoms with Crippen LogP contribution in [0.25, 0.3) is 10.8 Å². The van der Waals surface area contributed by atoms with Crippen LogP contribution in [0.1, 0.15) is 30.0 Å². The second kappa shape index (κ2) is 7.80. The molecule has 1 fully saturated rings. The Balaban J connectivity index is 1.51. The molecule has 0 bridgehead atoms. The van der Waals surface area contributed by atoms with Crippen LogP contribution in [-0.4, -0.2) is 19.1 Å². The third kappa shape index (κ3) is 4.29. The fourth-order valence-corrected chi connectivity index (χ4v) is 3.25. The van der Waals surface area contributed by atoms with E-state index in [-0.39, 0.29) is 11.9 Å². The summed E-state index contributed by atoms with van der Waals surface area (Å²) in [4.78, 5) is 12.7. The van der Waals surface area contributed by atoms with Gasteiger partial charge in [0.25, 0.3) is 0 Å². The number of hydrogen-bond donors (Lipinski definition) is 2. The Morgan fingerprint density at radius 2 is 1.78 bits per heavy atom. The zero-order chi connectivity index (χ0) is 18.6. The van der Waals surface area contributed by atoms with Crippen LogP contribution < -0.4 is 15.4 Å². The SMILES string of the molecule is COc1ccc2cc(CN[C@H](C(=O)NC3CC3)c3ccccc3)ccc2c1. The van der Waals surface area contributed by atoms with Gasteiger partial charge in [-0.25, -0.2) is 0 Å². The molecule has 0 spiro atoms. The molecule has 1 aliphatic carbocycles. The molecular weight excluding hydrogens is 336 g/mol. The van der Waals surface area contributed by atoms with E-state index in [1.165, 1.54) is 0 Å². The van der Waals surface area contributed by atoms with Crippen LogP contribution in [0.3, 0.4) is 0 Å². The van der Waals surface area contributed by atoms with Gasteiger partial charge >= 0.3 is 0 Å². The first-order chi connectivity index (χ1) is 13.2. The fourth-order valence-electron chi connectivity index (χ4n) is 3.25. The molecule has 0 unspecified atom stereocenters. The third-order valence-electron chi connectivity index (χ3n) is 4.94. The smallest absolute Gasteiger partial charge is 0.241 e. The van der Waals surface area contributed by atoms with E-state index in [4.69, 9.17) is 4.74 Å². The summed E-state index contributed by atoms with van der Waals surface area (Å²) in [5, 5.41) is 8.86. The summed E-state index contributed by atoms with van der Waals surface area (Å²) in [6, 6.07) is 22.3. The summed E-state index contributed by atoms with van der Waals surface area (Å²) in [6.07, 6.45) is 2.17. The number of carbonyl (C=O) groups excluding carboxylic acids is 1. The molecule has 3 aromatic carbocycles. The van der Waals surface area contributed by atoms with Crippen molar-refractivity contribution in [3.8, 4) is 5.75 Å². The molecule has 1 aliphatic rings. The molecule has 2 N–H and O–H groups in total. The van der Waals surface area contributed by atoms with E-state index in [1.54, 1.807) is 7.11 Å². The Bertz CT molecular complexity index is 936. The molecule has 0 heterocycles. The zero-order valence-corrected chi connectivity index (χ0v) is 15.4. The van der Waals surface area contributed by atoms with Gasteiger partial charge in [0.1, 0.15) is 11.8 Å². The predicted molar refractivity (Wildman–Crippen MR) is 108 cm³/mol. The van der Waals surface area contributed by atoms with Crippen molar-refractivity contribution in [3.63, 3.8) is 0 Å². The van der Waals surface area contributed by atoms with Crippen molar-refractivity contribution >= 4 is 16.7 Å². The maximum absolute atomic E-state index is 12.7. The van der Waals surface area contributed by atoms with Crippen molar-refractivity contribution in [1.82, 2.24) is 10.6 Å². The molecule has 4 heteroatoms. The van der Waals surface area contributed by atoms with Crippen molar-refractivity contribution in [2.45, 2.75) is 31.5 Å². The Kier molecular flexibility index (Phi) is 5.07. The van der Waals surface area contributed by atoms with Gasteiger partial charge in [-0.05, 0) is 52.9 Å². The van der Waals surface area contributed by atoms with Gasteiger partial charge in [0.15, 0.2) is 0 Å². The highest BCUT2D eigenvalue weighted by Gasteiger charge is 2.28. The molecular formula is C23H24N2O2. The minimum absolute atomic E-state index is 0.0502. The molecule has 0 aromatic heterocycles. The third-order valence-corrected chi connectivity index (χ3v) is 4.94. The number of amides is 1. The lowest BCUT2D eigenvalue weighted by Gasteiger charge is -2.19. The number of hydrogen-bond acceptors (Lipinski definition) is 3. The molecule has 27 heavy (non-hydrogen) atoms. The van der Waals surface area contributed by atoms with E-state index in [2.05, 4.69) is 34.9 Å². The van der Waals surface area contributed by atoms with Crippen molar-refractivity contribution < 1.29 is 9.53 Å². The van der Waals surface area contributed by atoms with Gasteiger partial charge in [-0.1, -0.05) is 48.5 Å². The first-order valence-corrected chi connectivity index (χ1v) is 9.38. The van der Waals surface area contributed by atoms with E-state index in [0.717, 1.165) is 40.5 Å². The van der Waals surface area contributed by atoms with Crippen LogP contribution in [0.15, 0.2) is 66.7 Å². The number of fused-ring (bicyclic) bond motifs is 1. The van der Waals surface area contributed by atoms with Gasteiger partial charge in [0, 0.05) is 12.6 Å². The van der Waals surface area contributed by atoms with Gasteiger partial charge in [0.05, 0.1) is 7.11 Å². The summed E-state index contributed by atoms with van der Waals surface area (Å²) < 4.78 is 5.29. The molecule has 1 atom stereocenters. The van der Waals surface area contributed by atoms with Gasteiger partial charge in [-0.2, -0.15) is 0 Å². The lowest BCUT2D eigenvalue weighted by molar-refractivity contribution is -0.123. The average molecular weight is 360 g/mol. The highest BCUT2D eigenvalue weighted by atomic mass is 16.5. The number of ether oxygens (including phenoxy) is 1. The van der Waals surface area contributed by atoms with Crippen molar-refractivity contribution in [2.24, 2.45) is 0 Å². The molecule has 3 aromatic rings. The number of carbonyl (C=O) groups is 1. The van der Waals surface area contributed by atoms with Gasteiger partial charge in [0.2, 0.25) is 5.91 Å². The summed E-state index contributed by atoms with van der Waals surface area (Å²) in [6.45, 7) is 0.625. The van der Waals surface area contributed by atoms with Crippen molar-refractivity contribution in [2.75, 3.05) is 7.11 Å². The Morgan fingerprint density at radius 3 is 2.52 bits per heavy atom. The van der Waals surface area contributed by atoms with Crippen molar-refractivity contribution in [3.05, 3.63) is 77.9 Å². The van der Waals surface area contributed by atoms with Crippen LogP contribution in [0.4, 0.5) is 0 Å². The maximum Gasteiger partial charge on any atom is 0.241 e. The lowest BCUT2D eigenvalue weighted by Crippen LogP contribution is -2.38. The largest absolute Gasteiger partial charge is 0.497 e. The summed E-state index contributed by atoms with van der Waals surface area (Å²) in [7, 11) is 1.68. The van der Waals surface area contributed by atoms with Gasteiger partial charge < -0.3 is 10.1 Å². The number of benzene rings is 3. The first-order valence-electron chi connectivity index (χ1n) is 9.38. The average Bonchev–Trinajstić information content (AvgIpc) is 3.52. The lowest BCUT2D eigenvalue weighted by atomic mass is 10.0. The van der Waals surface area contributed by atoms with Gasteiger partial charge in [-0.15, -0.1) is 0 Å². The number of rotatable bonds is 7. The van der Waals surface area contributed by atoms with Crippen LogP contribution >= 0.6 is 0 Å². The van der Waals surface area contributed by atoms with Crippen LogP contribution in [0.5, 0.6) is 5.75 Å². The fraction of sp³-hybridized carbons (Fsp3) is 0.261. The quantitative estimate of drug-likeness (QED) is 0.671. The van der Waals surface area contributed by atoms with E-state index >= 15 is 0 Å². The number of methoxy groups -OCH3 is 1. The normalized spacial score (nSPS) is 14.7. The zero-order valence-electron chi connectivity index (χ0n) is 15.4. The highest BCUT2D eigenvalue weighted by molar-refractivity contribution is 5.85. The second-order valence-corrected chi connectivity index (χ2v) is 7.05. The van der Waals surface area contributed by atoms with Crippen molar-refractivity contribution in [1.29, 1.82) is 0 Å². The molecule has 138 valence electrons. The molecule has 4 rings (SSSR count). The van der Waals surface area contributed by atoms with E-state index in [0.29, 0.717) is 12.6 Å². The molecule has 1 amide bonds. The summed E-state index contributed by atoms with van der Waals surface area (Å²) in [5.41, 5.74) is 2.13. The monoisotopic (exact) mass is 360 g/mol. The topological polar surface area (TPSA) is 50.4 Å². The standard InChI is InChI=1S/C23H24N2O2/c1-27-21-12-9-18-13-16(7-8-19(18)14-21)15-24-22(17-5-3-2-4-6-17)23(26)25-20-10-11-20/h2-9,12-14,20,22,24H,10-11,15H2,1H3,(H,25,26)/t22-/m0/s1. The van der Waals surface area contributed by atoms with Crippen LogP contribution in [-0.2, 0) is 11.3 Å². The Morgan fingerprint density at radius 1 is 1.04 bits per heavy atom. The molecule has 4 nitrogen and oxygen atoms in total. The molecule has 1 saturated carbocycles. The minimum Gasteiger partial charge on any atom is -0.497 e. The number of nitrogens with one attached hydrogen (secondary N) is 2. The Hall–Kier alpha value is -2.85. The van der Waals surface area contributed by atoms with Crippen LogP contribution in [0, 0.1) is 0 Å². The predicted octanol–water partition coefficient (Wildman–Crippen LogP) is 3.96. The second-order valence-electron chi connectivity index (χ2n) is 7.05. The first kappa shape index (κ1) is 17.6. The maximum atomic E-state index is 12.7. The molecule has 0 radical (unpaired) electrons. The van der Waals surface area contributed by atoms with E-state index < -0.39 is 0 Å². The van der Waals surface area contributed by atoms with Crippen LogP contribution in [0.2, 0.25) is 0 Å². The summed E-state index contributed by atoms with van der Waals surface area (Å²) in [5.74, 6) is 0.906. The molecule has 0 saturated heterocycles. The highest BCUT2D eigenvalue weighted by Crippen LogP contribution is 2.23. The Labute approximate surface area is 159 Å². The minimum atomic E-state index is -0.349. The molecule has 0 aliphatic heterocycles. The van der Waals surface area contributed by atoms with E-state index in [9.17, 15) is 4.79 Å². The van der Waals surface area contributed by atoms with E-state index in [1.807, 2.05) is 42.5 Å².